The van der Waals surface area contributed by atoms with E-state index in [0.29, 0.717) is 39.3 Å². The van der Waals surface area contributed by atoms with Gasteiger partial charge in [-0.1, -0.05) is 0 Å². The molecule has 1 amide bonds. The standard InChI is InChI=1S/C14H21NO5/c16-12(11-3-1-2-5-20-11)15-7-10-8-19-6-4-14(10,9-15)13(17)18/h10-11H,1-9H2,(H,17,18)/t10-,11?,14+/m0/s1. The van der Waals surface area contributed by atoms with Gasteiger partial charge >= 0.3 is 5.97 Å². The zero-order valence-electron chi connectivity index (χ0n) is 11.5. The predicted molar refractivity (Wildman–Crippen MR) is 69.2 cm³/mol. The molecule has 112 valence electrons. The number of rotatable bonds is 2. The maximum atomic E-state index is 12.5. The Bertz CT molecular complexity index is 406. The van der Waals surface area contributed by atoms with Crippen LogP contribution in [0.3, 0.4) is 0 Å². The molecule has 0 aromatic carbocycles. The van der Waals surface area contributed by atoms with Crippen molar-refractivity contribution in [2.75, 3.05) is 32.9 Å². The first-order valence-corrected chi connectivity index (χ1v) is 7.35. The molecule has 0 spiro atoms. The fourth-order valence-electron chi connectivity index (χ4n) is 3.61. The molecule has 3 aliphatic heterocycles. The average molecular weight is 283 g/mol. The van der Waals surface area contributed by atoms with Crippen molar-refractivity contribution in [3.8, 4) is 0 Å². The summed E-state index contributed by atoms with van der Waals surface area (Å²) in [6, 6.07) is 0. The average Bonchev–Trinajstić information content (AvgIpc) is 2.88. The SMILES string of the molecule is O=C(C1CCCCO1)N1C[C@H]2COCC[C@@]2(C(=O)O)C1. The van der Waals surface area contributed by atoms with Crippen LogP contribution in [-0.4, -0.2) is 60.9 Å². The number of likely N-dealkylation sites (tertiary alicyclic amines) is 1. The van der Waals surface area contributed by atoms with Crippen LogP contribution in [0.1, 0.15) is 25.7 Å². The summed E-state index contributed by atoms with van der Waals surface area (Å²) in [5.74, 6) is -0.938. The molecular weight excluding hydrogens is 262 g/mol. The Balaban J connectivity index is 1.73. The molecule has 0 aliphatic carbocycles. The summed E-state index contributed by atoms with van der Waals surface area (Å²) in [5, 5.41) is 9.58. The van der Waals surface area contributed by atoms with Crippen molar-refractivity contribution in [1.82, 2.24) is 4.90 Å². The van der Waals surface area contributed by atoms with E-state index in [4.69, 9.17) is 9.47 Å². The highest BCUT2D eigenvalue weighted by atomic mass is 16.5. The number of hydrogen-bond acceptors (Lipinski definition) is 4. The third-order valence-electron chi connectivity index (χ3n) is 4.90. The summed E-state index contributed by atoms with van der Waals surface area (Å²) in [5.41, 5.74) is -0.817. The number of ether oxygens (including phenoxy) is 2. The van der Waals surface area contributed by atoms with Crippen molar-refractivity contribution in [1.29, 1.82) is 0 Å². The second-order valence-corrected chi connectivity index (χ2v) is 6.06. The van der Waals surface area contributed by atoms with Crippen molar-refractivity contribution in [2.45, 2.75) is 31.8 Å². The Labute approximate surface area is 118 Å². The molecule has 1 N–H and O–H groups in total. The Morgan fingerprint density at radius 2 is 2.10 bits per heavy atom. The minimum Gasteiger partial charge on any atom is -0.481 e. The Morgan fingerprint density at radius 3 is 2.75 bits per heavy atom. The summed E-state index contributed by atoms with van der Waals surface area (Å²) in [6.07, 6.45) is 2.86. The van der Waals surface area contributed by atoms with Crippen LogP contribution in [0.25, 0.3) is 0 Å². The van der Waals surface area contributed by atoms with Gasteiger partial charge in [-0.15, -0.1) is 0 Å². The van der Waals surface area contributed by atoms with E-state index in [0.717, 1.165) is 19.3 Å². The highest BCUT2D eigenvalue weighted by Gasteiger charge is 2.55. The van der Waals surface area contributed by atoms with Gasteiger partial charge in [0.1, 0.15) is 6.10 Å². The van der Waals surface area contributed by atoms with Crippen LogP contribution in [0.4, 0.5) is 0 Å². The van der Waals surface area contributed by atoms with Gasteiger partial charge in [-0.3, -0.25) is 9.59 Å². The number of amides is 1. The molecule has 6 heteroatoms. The molecule has 0 aromatic rings. The second-order valence-electron chi connectivity index (χ2n) is 6.06. The van der Waals surface area contributed by atoms with Crippen LogP contribution in [-0.2, 0) is 19.1 Å². The molecule has 3 saturated heterocycles. The third kappa shape index (κ3) is 2.20. The zero-order chi connectivity index (χ0) is 14.2. The topological polar surface area (TPSA) is 76.1 Å². The molecule has 0 bridgehead atoms. The summed E-state index contributed by atoms with van der Waals surface area (Å²) in [4.78, 5) is 25.8. The molecule has 1 unspecified atom stereocenters. The van der Waals surface area contributed by atoms with Crippen LogP contribution in [0.15, 0.2) is 0 Å². The van der Waals surface area contributed by atoms with Crippen LogP contribution >= 0.6 is 0 Å². The van der Waals surface area contributed by atoms with Crippen LogP contribution in [0, 0.1) is 11.3 Å². The molecule has 3 atom stereocenters. The predicted octanol–water partition coefficient (Wildman–Crippen LogP) is 0.505. The summed E-state index contributed by atoms with van der Waals surface area (Å²) in [7, 11) is 0. The van der Waals surface area contributed by atoms with Gasteiger partial charge in [0.15, 0.2) is 0 Å². The number of fused-ring (bicyclic) bond motifs is 1. The first kappa shape index (κ1) is 13.8. The van der Waals surface area contributed by atoms with Gasteiger partial charge in [0, 0.05) is 32.2 Å². The Kier molecular flexibility index (Phi) is 3.69. The van der Waals surface area contributed by atoms with Crippen molar-refractivity contribution in [3.05, 3.63) is 0 Å². The zero-order valence-corrected chi connectivity index (χ0v) is 11.5. The lowest BCUT2D eigenvalue weighted by atomic mass is 9.74. The molecule has 20 heavy (non-hydrogen) atoms. The summed E-state index contributed by atoms with van der Waals surface area (Å²) in [6.45, 7) is 2.30. The van der Waals surface area contributed by atoms with Crippen molar-refractivity contribution >= 4 is 11.9 Å². The van der Waals surface area contributed by atoms with Crippen LogP contribution < -0.4 is 0 Å². The van der Waals surface area contributed by atoms with E-state index in [1.807, 2.05) is 0 Å². The number of carboxylic acid groups (broad SMARTS) is 1. The maximum absolute atomic E-state index is 12.5. The molecule has 0 saturated carbocycles. The second kappa shape index (κ2) is 5.33. The molecule has 0 aromatic heterocycles. The normalized spacial score (nSPS) is 37.5. The lowest BCUT2D eigenvalue weighted by Gasteiger charge is -2.34. The fraction of sp³-hybridized carbons (Fsp3) is 0.857. The van der Waals surface area contributed by atoms with Gasteiger partial charge in [0.05, 0.1) is 12.0 Å². The quantitative estimate of drug-likeness (QED) is 0.799. The lowest BCUT2D eigenvalue weighted by Crippen LogP contribution is -2.46. The largest absolute Gasteiger partial charge is 0.481 e. The summed E-state index contributed by atoms with van der Waals surface area (Å²) >= 11 is 0. The highest BCUT2D eigenvalue weighted by Crippen LogP contribution is 2.42. The van der Waals surface area contributed by atoms with E-state index in [2.05, 4.69) is 0 Å². The van der Waals surface area contributed by atoms with Gasteiger partial charge in [0.25, 0.3) is 5.91 Å². The molecule has 3 rings (SSSR count). The molecular formula is C14H21NO5. The number of carbonyl (C=O) groups is 2. The van der Waals surface area contributed by atoms with E-state index < -0.39 is 11.4 Å². The molecule has 0 radical (unpaired) electrons. The Hall–Kier alpha value is -1.14. The van der Waals surface area contributed by atoms with Gasteiger partial charge < -0.3 is 19.5 Å². The van der Waals surface area contributed by atoms with Crippen LogP contribution in [0.5, 0.6) is 0 Å². The van der Waals surface area contributed by atoms with Gasteiger partial charge in [0.2, 0.25) is 0 Å². The smallest absolute Gasteiger partial charge is 0.311 e. The summed E-state index contributed by atoms with van der Waals surface area (Å²) < 4.78 is 10.9. The van der Waals surface area contributed by atoms with Gasteiger partial charge in [-0.2, -0.15) is 0 Å². The third-order valence-corrected chi connectivity index (χ3v) is 4.90. The van der Waals surface area contributed by atoms with E-state index in [-0.39, 0.29) is 17.9 Å². The van der Waals surface area contributed by atoms with Gasteiger partial charge in [-0.25, -0.2) is 0 Å². The Morgan fingerprint density at radius 1 is 1.25 bits per heavy atom. The molecule has 3 heterocycles. The minimum absolute atomic E-state index is 0.0419. The number of carboxylic acids is 1. The van der Waals surface area contributed by atoms with E-state index in [1.165, 1.54) is 0 Å². The number of aliphatic carboxylic acids is 1. The first-order chi connectivity index (χ1) is 9.63. The first-order valence-electron chi connectivity index (χ1n) is 7.35. The van der Waals surface area contributed by atoms with E-state index in [1.54, 1.807) is 4.90 Å². The van der Waals surface area contributed by atoms with Gasteiger partial charge in [-0.05, 0) is 25.7 Å². The highest BCUT2D eigenvalue weighted by molar-refractivity contribution is 5.84. The minimum atomic E-state index is -0.817. The fourth-order valence-corrected chi connectivity index (χ4v) is 3.61. The van der Waals surface area contributed by atoms with Crippen molar-refractivity contribution in [2.24, 2.45) is 11.3 Å². The van der Waals surface area contributed by atoms with Crippen molar-refractivity contribution < 1.29 is 24.2 Å². The number of nitrogens with zero attached hydrogens (tertiary/aromatic N) is 1. The van der Waals surface area contributed by atoms with E-state index in [9.17, 15) is 14.7 Å². The van der Waals surface area contributed by atoms with Crippen LogP contribution in [0.2, 0.25) is 0 Å². The number of hydrogen-bond donors (Lipinski definition) is 1. The lowest BCUT2D eigenvalue weighted by molar-refractivity contribution is -0.158. The molecule has 3 aliphatic rings. The molecule has 3 fully saturated rings. The van der Waals surface area contributed by atoms with E-state index >= 15 is 0 Å². The molecule has 6 nitrogen and oxygen atoms in total. The number of carbonyl (C=O) groups excluding carboxylic acids is 1. The maximum Gasteiger partial charge on any atom is 0.311 e. The van der Waals surface area contributed by atoms with Crippen molar-refractivity contribution in [3.63, 3.8) is 0 Å². The monoisotopic (exact) mass is 283 g/mol.